The molecule has 88 heavy (non-hydrogen) atoms. The molecule has 0 aromatic heterocycles. The highest BCUT2D eigenvalue weighted by Crippen LogP contribution is 2.64. The molecule has 2 heteroatoms. The minimum atomic E-state index is -0.0995. The Labute approximate surface area is 547 Å². The van der Waals surface area contributed by atoms with E-state index in [1.807, 2.05) is 0 Å². The van der Waals surface area contributed by atoms with Gasteiger partial charge in [0.1, 0.15) is 0 Å². The summed E-state index contributed by atoms with van der Waals surface area (Å²) in [6.45, 7) is 33.1. The number of hydrogen-bond donors (Lipinski definition) is 0. The lowest BCUT2D eigenvalue weighted by atomic mass is 9.76. The SMILES string of the molecule is Cc1ccc(-c2c(-c3ccc(C)cc3)c(-c3ccc(I)cc3)c3c(c2-c2ccc(I)cc2)-c2ccc4c5c(-c6cc(C(C)(C)C)cc(C(C)(C)C)c6)c6c7cccc8cccc(c6c(-c6cc(C(C)(C)C)cc(C(C)(C)C)c6)c5c5ccc-3c2c45)c87)cc1. The van der Waals surface area contributed by atoms with Gasteiger partial charge in [0.2, 0.25) is 0 Å². The molecule has 0 fully saturated rings. The quantitative estimate of drug-likeness (QED) is 0.146. The molecule has 0 atom stereocenters. The zero-order valence-electron chi connectivity index (χ0n) is 53.2. The fraction of sp³-hybridized carbons (Fsp3) is 0.209. The number of benzene rings is 12. The fourth-order valence-corrected chi connectivity index (χ4v) is 15.6. The molecule has 0 saturated heterocycles. The summed E-state index contributed by atoms with van der Waals surface area (Å²) in [6, 6.07) is 76.9. The van der Waals surface area contributed by atoms with Crippen LogP contribution >= 0.6 is 45.2 Å². The molecule has 0 radical (unpaired) electrons. The Bertz CT molecular complexity index is 4810. The van der Waals surface area contributed by atoms with Crippen molar-refractivity contribution < 1.29 is 0 Å². The Hall–Kier alpha value is -7.38. The van der Waals surface area contributed by atoms with Crippen LogP contribution in [0.4, 0.5) is 0 Å². The topological polar surface area (TPSA) is 0 Å². The molecule has 0 N–H and O–H groups in total. The molecule has 14 aromatic rings. The predicted molar refractivity (Wildman–Crippen MR) is 401 cm³/mol. The van der Waals surface area contributed by atoms with Gasteiger partial charge >= 0.3 is 0 Å². The standard InChI is InChI=1S/C86H74I2/c1-47-21-25-50(26-22-47)69-70(51-27-23-48(2)24-28-51)72(53-31-35-61(88)36-32-53)80-65-38-40-67-76-66(39-37-64(75(65)76)79(80)71(69)52-29-33-60(87)34-30-52)81-73(54-41-56(83(3,4)5)45-57(42-54)84(6,7)8)77-62-19-15-17-49-18-16-20-63(68(49)62)78(77)74(82(67)81)55-43-58(85(9,10)11)46-59(44-55)86(12,13)14/h15-46H,1-14H3. The van der Waals surface area contributed by atoms with Crippen molar-refractivity contribution in [3.05, 3.63) is 235 Å². The third-order valence-electron chi connectivity index (χ3n) is 19.5. The zero-order valence-corrected chi connectivity index (χ0v) is 57.5. The Kier molecular flexibility index (Phi) is 13.0. The van der Waals surface area contributed by atoms with Gasteiger partial charge in [-0.05, 0) is 281 Å². The van der Waals surface area contributed by atoms with Crippen LogP contribution in [0.2, 0.25) is 0 Å². The van der Waals surface area contributed by atoms with Crippen LogP contribution in [0, 0.1) is 21.0 Å². The van der Waals surface area contributed by atoms with Crippen LogP contribution in [0.3, 0.4) is 0 Å². The minimum absolute atomic E-state index is 0.0995. The van der Waals surface area contributed by atoms with Gasteiger partial charge in [0.05, 0.1) is 0 Å². The van der Waals surface area contributed by atoms with Gasteiger partial charge in [0.25, 0.3) is 0 Å². The lowest BCUT2D eigenvalue weighted by Crippen LogP contribution is -2.16. The van der Waals surface area contributed by atoms with E-state index in [4.69, 9.17) is 0 Å². The smallest absolute Gasteiger partial charge is 0.0130 e. The van der Waals surface area contributed by atoms with Crippen molar-refractivity contribution in [1.82, 2.24) is 0 Å². The lowest BCUT2D eigenvalue weighted by molar-refractivity contribution is 0.568. The summed E-state index contributed by atoms with van der Waals surface area (Å²) >= 11 is 4.96. The number of halogens is 2. The van der Waals surface area contributed by atoms with E-state index in [9.17, 15) is 0 Å². The van der Waals surface area contributed by atoms with Gasteiger partial charge in [-0.15, -0.1) is 0 Å². The van der Waals surface area contributed by atoms with E-state index >= 15 is 0 Å². The van der Waals surface area contributed by atoms with Crippen molar-refractivity contribution in [2.45, 2.75) is 119 Å². The maximum atomic E-state index is 2.57. The van der Waals surface area contributed by atoms with Gasteiger partial charge in [-0.1, -0.05) is 264 Å². The third kappa shape index (κ3) is 8.91. The summed E-state index contributed by atoms with van der Waals surface area (Å²) in [5.41, 5.74) is 27.9. The van der Waals surface area contributed by atoms with E-state index in [2.05, 4.69) is 336 Å². The molecule has 0 aliphatic heterocycles. The normalized spacial score (nSPS) is 13.0. The second-order valence-corrected chi connectivity index (χ2v) is 32.1. The Morgan fingerprint density at radius 3 is 0.852 bits per heavy atom. The van der Waals surface area contributed by atoms with Gasteiger partial charge < -0.3 is 0 Å². The van der Waals surface area contributed by atoms with Crippen molar-refractivity contribution in [3.8, 4) is 89.0 Å². The molecule has 1 aliphatic rings. The molecule has 0 amide bonds. The van der Waals surface area contributed by atoms with Gasteiger partial charge in [-0.3, -0.25) is 0 Å². The van der Waals surface area contributed by atoms with Gasteiger partial charge in [-0.2, -0.15) is 0 Å². The first kappa shape index (κ1) is 57.1. The summed E-state index contributed by atoms with van der Waals surface area (Å²) in [4.78, 5) is 0. The maximum Gasteiger partial charge on any atom is 0.0130 e. The van der Waals surface area contributed by atoms with E-state index in [1.165, 1.54) is 194 Å². The van der Waals surface area contributed by atoms with Crippen molar-refractivity contribution in [2.24, 2.45) is 0 Å². The highest BCUT2D eigenvalue weighted by atomic mass is 127. The second kappa shape index (κ2) is 20.1. The summed E-state index contributed by atoms with van der Waals surface area (Å²) in [5.74, 6) is 0. The molecule has 15 rings (SSSR count). The second-order valence-electron chi connectivity index (χ2n) is 29.6. The minimum Gasteiger partial charge on any atom is -0.0610 e. The molecule has 1 aliphatic carbocycles. The molecule has 0 bridgehead atoms. The first-order valence-electron chi connectivity index (χ1n) is 31.4. The molecule has 432 valence electrons. The summed E-state index contributed by atoms with van der Waals surface area (Å²) < 4.78 is 2.44. The first-order valence-corrected chi connectivity index (χ1v) is 33.6. The first-order chi connectivity index (χ1) is 41.8. The predicted octanol–water partition coefficient (Wildman–Crippen LogP) is 26.1. The van der Waals surface area contributed by atoms with E-state index in [1.54, 1.807) is 0 Å². The van der Waals surface area contributed by atoms with Crippen molar-refractivity contribution in [3.63, 3.8) is 0 Å². The number of aryl methyl sites for hydroxylation is 2. The molecule has 0 spiro atoms. The van der Waals surface area contributed by atoms with Gasteiger partial charge in [0, 0.05) is 7.14 Å². The number of fused-ring (bicyclic) bond motifs is 9. The van der Waals surface area contributed by atoms with Crippen LogP contribution in [0.25, 0.3) is 154 Å². The largest absolute Gasteiger partial charge is 0.0610 e. The van der Waals surface area contributed by atoms with Crippen LogP contribution in [-0.4, -0.2) is 0 Å². The van der Waals surface area contributed by atoms with E-state index in [0.717, 1.165) is 0 Å². The van der Waals surface area contributed by atoms with E-state index in [-0.39, 0.29) is 21.7 Å². The Balaban J connectivity index is 1.21. The van der Waals surface area contributed by atoms with Crippen LogP contribution in [0.1, 0.15) is 116 Å². The van der Waals surface area contributed by atoms with Gasteiger partial charge in [-0.25, -0.2) is 0 Å². The molecule has 0 nitrogen and oxygen atoms in total. The zero-order chi connectivity index (χ0) is 61.4. The fourth-order valence-electron chi connectivity index (χ4n) is 14.9. The van der Waals surface area contributed by atoms with Crippen LogP contribution in [0.15, 0.2) is 194 Å². The van der Waals surface area contributed by atoms with Crippen molar-refractivity contribution >= 4 is 110 Å². The van der Waals surface area contributed by atoms with E-state index in [0.29, 0.717) is 0 Å². The Morgan fingerprint density at radius 2 is 0.534 bits per heavy atom. The molecule has 0 heterocycles. The summed E-state index contributed by atoms with van der Waals surface area (Å²) in [7, 11) is 0. The van der Waals surface area contributed by atoms with Crippen LogP contribution in [-0.2, 0) is 21.7 Å². The van der Waals surface area contributed by atoms with Crippen LogP contribution in [0.5, 0.6) is 0 Å². The molecular formula is C86H74I2. The monoisotopic (exact) mass is 1360 g/mol. The summed E-state index contributed by atoms with van der Waals surface area (Å²) in [5, 5.41) is 16.0. The molecule has 14 aromatic carbocycles. The van der Waals surface area contributed by atoms with Crippen molar-refractivity contribution in [1.29, 1.82) is 0 Å². The van der Waals surface area contributed by atoms with Crippen molar-refractivity contribution in [2.75, 3.05) is 0 Å². The summed E-state index contributed by atoms with van der Waals surface area (Å²) in [6.07, 6.45) is 0. The maximum absolute atomic E-state index is 2.57. The highest BCUT2D eigenvalue weighted by molar-refractivity contribution is 14.1. The van der Waals surface area contributed by atoms with E-state index < -0.39 is 0 Å². The number of hydrogen-bond acceptors (Lipinski definition) is 0. The highest BCUT2D eigenvalue weighted by Gasteiger charge is 2.38. The average molecular weight is 1360 g/mol. The van der Waals surface area contributed by atoms with Crippen LogP contribution < -0.4 is 0 Å². The lowest BCUT2D eigenvalue weighted by Gasteiger charge is -2.28. The molecular weight excluding hydrogens is 1290 g/mol. The van der Waals surface area contributed by atoms with Gasteiger partial charge in [0.15, 0.2) is 0 Å². The number of rotatable bonds is 6. The Morgan fingerprint density at radius 1 is 0.239 bits per heavy atom. The average Bonchev–Trinajstić information content (AvgIpc) is 1.50. The third-order valence-corrected chi connectivity index (χ3v) is 21.0. The molecule has 0 saturated carbocycles. The molecule has 0 unspecified atom stereocenters.